The van der Waals surface area contributed by atoms with Crippen LogP contribution in [0.5, 0.6) is 5.75 Å². The standard InChI is InChI=1S/C25H32O12/c1-24(37-17(28)8-5-13-3-6-14(33-2)7-4-13)11-16(27)25(32)9-10-34-23(21(24)25)36-22-20(31)19(30)18(29)15(12-26)35-22/h3-10,15-16,18-23,26-27,29-32H,11-12H2,1-2H3/t15-,16-,18-,19+,20-,21-,22-,23+,24-,25+/m1/s1. The highest BCUT2D eigenvalue weighted by atomic mass is 16.8. The summed E-state index contributed by atoms with van der Waals surface area (Å²) in [5, 5.41) is 61.9. The van der Waals surface area contributed by atoms with Gasteiger partial charge in [-0.15, -0.1) is 0 Å². The predicted octanol–water partition coefficient (Wildman–Crippen LogP) is -1.19. The number of methoxy groups -OCH3 is 1. The van der Waals surface area contributed by atoms with Crippen LogP contribution in [0.3, 0.4) is 0 Å². The molecule has 0 aromatic heterocycles. The predicted molar refractivity (Wildman–Crippen MR) is 124 cm³/mol. The maximum Gasteiger partial charge on any atom is 0.331 e. The van der Waals surface area contributed by atoms with Gasteiger partial charge in [-0.2, -0.15) is 0 Å². The Morgan fingerprint density at radius 3 is 2.46 bits per heavy atom. The molecule has 4 rings (SSSR count). The smallest absolute Gasteiger partial charge is 0.331 e. The van der Waals surface area contributed by atoms with Gasteiger partial charge in [0.25, 0.3) is 0 Å². The molecule has 0 radical (unpaired) electrons. The van der Waals surface area contributed by atoms with Crippen molar-refractivity contribution in [3.8, 4) is 5.75 Å². The van der Waals surface area contributed by atoms with Crippen molar-refractivity contribution in [2.24, 2.45) is 5.92 Å². The fourth-order valence-corrected chi connectivity index (χ4v) is 5.07. The van der Waals surface area contributed by atoms with E-state index >= 15 is 0 Å². The minimum atomic E-state index is -1.92. The second-order valence-corrected chi connectivity index (χ2v) is 9.57. The lowest BCUT2D eigenvalue weighted by molar-refractivity contribution is -0.351. The first kappa shape index (κ1) is 27.5. The topological polar surface area (TPSA) is 185 Å². The average Bonchev–Trinajstić information content (AvgIpc) is 3.08. The summed E-state index contributed by atoms with van der Waals surface area (Å²) in [7, 11) is 1.54. The minimum Gasteiger partial charge on any atom is -0.497 e. The Balaban J connectivity index is 1.53. The Kier molecular flexibility index (Phi) is 7.93. The first-order valence-corrected chi connectivity index (χ1v) is 11.8. The highest BCUT2D eigenvalue weighted by molar-refractivity contribution is 5.87. The van der Waals surface area contributed by atoms with Crippen molar-refractivity contribution in [2.75, 3.05) is 13.7 Å². The van der Waals surface area contributed by atoms with E-state index in [9.17, 15) is 35.4 Å². The third-order valence-electron chi connectivity index (χ3n) is 7.09. The maximum atomic E-state index is 12.7. The second-order valence-electron chi connectivity index (χ2n) is 9.57. The summed E-state index contributed by atoms with van der Waals surface area (Å²) in [4.78, 5) is 12.7. The van der Waals surface area contributed by atoms with Crippen LogP contribution in [0.4, 0.5) is 0 Å². The normalized spacial score (nSPS) is 41.3. The third-order valence-corrected chi connectivity index (χ3v) is 7.09. The Morgan fingerprint density at radius 2 is 1.81 bits per heavy atom. The van der Waals surface area contributed by atoms with Crippen LogP contribution in [0.2, 0.25) is 0 Å². The van der Waals surface area contributed by atoms with Gasteiger partial charge in [0, 0.05) is 12.5 Å². The van der Waals surface area contributed by atoms with Crippen LogP contribution in [0.15, 0.2) is 42.7 Å². The van der Waals surface area contributed by atoms with Gasteiger partial charge in [0.15, 0.2) is 6.29 Å². The molecule has 1 aromatic carbocycles. The number of hydrogen-bond acceptors (Lipinski definition) is 12. The van der Waals surface area contributed by atoms with Gasteiger partial charge < -0.3 is 54.3 Å². The van der Waals surface area contributed by atoms with Crippen molar-refractivity contribution in [1.82, 2.24) is 0 Å². The Hall–Kier alpha value is -2.55. The van der Waals surface area contributed by atoms with Crippen molar-refractivity contribution >= 4 is 12.0 Å². The number of carbonyl (C=O) groups excluding carboxylic acids is 1. The highest BCUT2D eigenvalue weighted by Gasteiger charge is 2.66. The first-order chi connectivity index (χ1) is 17.5. The molecule has 0 amide bonds. The van der Waals surface area contributed by atoms with Gasteiger partial charge >= 0.3 is 5.97 Å². The molecule has 0 bridgehead atoms. The number of esters is 1. The van der Waals surface area contributed by atoms with Crippen LogP contribution in [0.25, 0.3) is 6.08 Å². The third kappa shape index (κ3) is 5.24. The summed E-state index contributed by atoms with van der Waals surface area (Å²) < 4.78 is 27.4. The van der Waals surface area contributed by atoms with E-state index in [1.807, 2.05) is 0 Å². The maximum absolute atomic E-state index is 12.7. The molecule has 1 aliphatic carbocycles. The molecule has 12 heteroatoms. The molecule has 1 saturated heterocycles. The van der Waals surface area contributed by atoms with Crippen LogP contribution in [-0.2, 0) is 23.7 Å². The van der Waals surface area contributed by atoms with Crippen LogP contribution in [0, 0.1) is 5.92 Å². The molecule has 2 fully saturated rings. The molecule has 1 saturated carbocycles. The fourth-order valence-electron chi connectivity index (χ4n) is 5.07. The number of aliphatic hydroxyl groups is 6. The molecule has 37 heavy (non-hydrogen) atoms. The number of fused-ring (bicyclic) bond motifs is 1. The van der Waals surface area contributed by atoms with Gasteiger partial charge in [0.2, 0.25) is 6.29 Å². The van der Waals surface area contributed by atoms with Gasteiger partial charge in [-0.1, -0.05) is 12.1 Å². The van der Waals surface area contributed by atoms with E-state index in [0.29, 0.717) is 11.3 Å². The number of aliphatic hydroxyl groups excluding tert-OH is 5. The number of carbonyl (C=O) groups is 1. The quantitative estimate of drug-likeness (QED) is 0.185. The van der Waals surface area contributed by atoms with Crippen molar-refractivity contribution in [1.29, 1.82) is 0 Å². The van der Waals surface area contributed by atoms with Crippen LogP contribution >= 0.6 is 0 Å². The molecule has 12 nitrogen and oxygen atoms in total. The molecular formula is C25H32O12. The van der Waals surface area contributed by atoms with Crippen molar-refractivity contribution < 1.29 is 59.1 Å². The summed E-state index contributed by atoms with van der Waals surface area (Å²) in [6.45, 7) is 0.836. The molecule has 10 atom stereocenters. The van der Waals surface area contributed by atoms with Crippen LogP contribution in [-0.4, -0.2) is 105 Å². The van der Waals surface area contributed by atoms with E-state index in [2.05, 4.69) is 0 Å². The number of ether oxygens (including phenoxy) is 5. The zero-order valence-corrected chi connectivity index (χ0v) is 20.3. The number of hydrogen-bond donors (Lipinski definition) is 6. The first-order valence-electron chi connectivity index (χ1n) is 11.8. The summed E-state index contributed by atoms with van der Waals surface area (Å²) >= 11 is 0. The fraction of sp³-hybridized carbons (Fsp3) is 0.560. The van der Waals surface area contributed by atoms with Crippen LogP contribution in [0.1, 0.15) is 18.9 Å². The van der Waals surface area contributed by atoms with E-state index in [1.54, 1.807) is 31.4 Å². The van der Waals surface area contributed by atoms with Gasteiger partial charge in [-0.25, -0.2) is 4.79 Å². The lowest BCUT2D eigenvalue weighted by atomic mass is 9.81. The van der Waals surface area contributed by atoms with E-state index < -0.39 is 72.8 Å². The molecule has 0 spiro atoms. The summed E-state index contributed by atoms with van der Waals surface area (Å²) in [6.07, 6.45) is -5.73. The van der Waals surface area contributed by atoms with E-state index in [-0.39, 0.29) is 6.42 Å². The summed E-state index contributed by atoms with van der Waals surface area (Å²) in [6, 6.07) is 6.94. The van der Waals surface area contributed by atoms with E-state index in [1.165, 1.54) is 25.2 Å². The van der Waals surface area contributed by atoms with Gasteiger partial charge in [-0.3, -0.25) is 0 Å². The Morgan fingerprint density at radius 1 is 1.11 bits per heavy atom. The minimum absolute atomic E-state index is 0.168. The monoisotopic (exact) mass is 524 g/mol. The van der Waals surface area contributed by atoms with Gasteiger partial charge in [-0.05, 0) is 36.8 Å². The Labute approximate surface area is 212 Å². The summed E-state index contributed by atoms with van der Waals surface area (Å²) in [5.41, 5.74) is -2.72. The zero-order chi connectivity index (χ0) is 27.0. The van der Waals surface area contributed by atoms with E-state index in [4.69, 9.17) is 23.7 Å². The molecule has 2 aliphatic heterocycles. The molecule has 1 aromatic rings. The zero-order valence-electron chi connectivity index (χ0n) is 20.3. The molecular weight excluding hydrogens is 492 g/mol. The number of benzene rings is 1. The van der Waals surface area contributed by atoms with Gasteiger partial charge in [0.05, 0.1) is 32.0 Å². The van der Waals surface area contributed by atoms with Crippen molar-refractivity contribution in [3.63, 3.8) is 0 Å². The SMILES string of the molecule is COc1ccc(C=CC(=O)O[C@]2(C)C[C@@H](O)[C@@]3(O)C=CO[C@@H](O[C@H]4O[C@H](CO)[C@@H](O)[C@H](O)[C@H]4O)[C@@H]32)cc1. The number of rotatable bonds is 7. The molecule has 6 N–H and O–H groups in total. The van der Waals surface area contributed by atoms with E-state index in [0.717, 1.165) is 6.26 Å². The molecule has 3 aliphatic rings. The molecule has 204 valence electrons. The Bertz CT molecular complexity index is 1010. The average molecular weight is 525 g/mol. The second kappa shape index (κ2) is 10.7. The lowest BCUT2D eigenvalue weighted by Gasteiger charge is -2.45. The largest absolute Gasteiger partial charge is 0.497 e. The van der Waals surface area contributed by atoms with Crippen molar-refractivity contribution in [2.45, 2.75) is 67.6 Å². The van der Waals surface area contributed by atoms with Crippen LogP contribution < -0.4 is 4.74 Å². The summed E-state index contributed by atoms with van der Waals surface area (Å²) in [5.74, 6) is -1.29. The molecule has 0 unspecified atom stereocenters. The van der Waals surface area contributed by atoms with Crippen molar-refractivity contribution in [3.05, 3.63) is 48.2 Å². The lowest BCUT2D eigenvalue weighted by Crippen LogP contribution is -2.62. The molecule has 2 heterocycles. The highest BCUT2D eigenvalue weighted by Crippen LogP contribution is 2.51. The van der Waals surface area contributed by atoms with Gasteiger partial charge in [0.1, 0.15) is 41.4 Å².